The predicted molar refractivity (Wildman–Crippen MR) is 21.6 cm³/mol. The van der Waals surface area contributed by atoms with Gasteiger partial charge in [-0.25, -0.2) is 0 Å². The van der Waals surface area contributed by atoms with E-state index in [0.29, 0.717) is 0 Å². The van der Waals surface area contributed by atoms with Crippen LogP contribution in [0, 0.1) is 0 Å². The Labute approximate surface area is 40.0 Å². The molecule has 42 valence electrons. The third kappa shape index (κ3) is 2.02. The van der Waals surface area contributed by atoms with Crippen molar-refractivity contribution in [1.29, 1.82) is 0 Å². The van der Waals surface area contributed by atoms with Gasteiger partial charge in [0.1, 0.15) is 6.26 Å². The quantitative estimate of drug-likeness (QED) is 0.262. The fourth-order valence-electron chi connectivity index (χ4n) is 0.0667. The van der Waals surface area contributed by atoms with Gasteiger partial charge >= 0.3 is 0 Å². The van der Waals surface area contributed by atoms with Crippen LogP contribution in [0.1, 0.15) is 0 Å². The smallest absolute Gasteiger partial charge is 0.214 e. The molecule has 0 fully saturated rings. The van der Waals surface area contributed by atoms with Gasteiger partial charge in [-0.1, -0.05) is 0 Å². The molecule has 0 aliphatic carbocycles. The highest BCUT2D eigenvalue weighted by atomic mass is 16.5. The molecule has 0 aliphatic rings. The van der Waals surface area contributed by atoms with Crippen LogP contribution in [0.3, 0.4) is 0 Å². The van der Waals surface area contributed by atoms with Crippen LogP contribution >= 0.6 is 0 Å². The second kappa shape index (κ2) is 2.44. The van der Waals surface area contributed by atoms with Crippen LogP contribution < -0.4 is 0 Å². The molecule has 0 aromatic heterocycles. The average Bonchev–Trinajstić information content (AvgIpc) is 1.65. The molecular formula is C3H6O4. The Bertz CT molecular complexity index is 75.0. The lowest BCUT2D eigenvalue weighted by Crippen LogP contribution is -2.07. The van der Waals surface area contributed by atoms with Gasteiger partial charge < -0.3 is 20.4 Å². The Kier molecular flexibility index (Phi) is 2.18. The normalized spacial score (nSPS) is 12.7. The monoisotopic (exact) mass is 106 g/mol. The summed E-state index contributed by atoms with van der Waals surface area (Å²) < 4.78 is 0. The maximum Gasteiger partial charge on any atom is 0.214 e. The Morgan fingerprint density at radius 3 is 1.86 bits per heavy atom. The third-order valence-corrected chi connectivity index (χ3v) is 0.397. The van der Waals surface area contributed by atoms with Crippen molar-refractivity contribution in [3.63, 3.8) is 0 Å². The fourth-order valence-corrected chi connectivity index (χ4v) is 0.0667. The summed E-state index contributed by atoms with van der Waals surface area (Å²) in [7, 11) is 0. The summed E-state index contributed by atoms with van der Waals surface area (Å²) in [4.78, 5) is 0. The summed E-state index contributed by atoms with van der Waals surface area (Å²) in [5.41, 5.74) is 0. The number of rotatable bonds is 1. The predicted octanol–water partition coefficient (Wildman–Crippen LogP) is -0.746. The van der Waals surface area contributed by atoms with E-state index in [0.717, 1.165) is 0 Å². The van der Waals surface area contributed by atoms with Crippen LogP contribution in [0.15, 0.2) is 12.0 Å². The minimum atomic E-state index is -1.97. The fraction of sp³-hybridized carbons (Fsp3) is 0.333. The molecule has 0 aromatic rings. The molecule has 0 atom stereocenters. The molecule has 0 heterocycles. The molecular weight excluding hydrogens is 100 g/mol. The van der Waals surface area contributed by atoms with Crippen LogP contribution in [0.2, 0.25) is 0 Å². The molecule has 0 radical (unpaired) electrons. The summed E-state index contributed by atoms with van der Waals surface area (Å²) in [6, 6.07) is 0. The van der Waals surface area contributed by atoms with Gasteiger partial charge in [-0.05, 0) is 0 Å². The first-order chi connectivity index (χ1) is 3.18. The van der Waals surface area contributed by atoms with Gasteiger partial charge in [-0.15, -0.1) is 0 Å². The van der Waals surface area contributed by atoms with Crippen LogP contribution in [-0.4, -0.2) is 26.7 Å². The molecule has 0 bridgehead atoms. The van der Waals surface area contributed by atoms with E-state index >= 15 is 0 Å². The zero-order valence-corrected chi connectivity index (χ0v) is 3.44. The van der Waals surface area contributed by atoms with Gasteiger partial charge in [0.2, 0.25) is 6.29 Å². The zero-order chi connectivity index (χ0) is 5.86. The van der Waals surface area contributed by atoms with Gasteiger partial charge in [-0.3, -0.25) is 0 Å². The van der Waals surface area contributed by atoms with Crippen molar-refractivity contribution in [1.82, 2.24) is 0 Å². The number of hydrogen-bond donors (Lipinski definition) is 4. The molecule has 4 N–H and O–H groups in total. The van der Waals surface area contributed by atoms with E-state index < -0.39 is 12.0 Å². The minimum Gasteiger partial charge on any atom is -0.512 e. The van der Waals surface area contributed by atoms with Gasteiger partial charge in [-0.2, -0.15) is 0 Å². The summed E-state index contributed by atoms with van der Waals surface area (Å²) >= 11 is 0. The van der Waals surface area contributed by atoms with Crippen molar-refractivity contribution in [2.45, 2.75) is 6.29 Å². The lowest BCUT2D eigenvalue weighted by atomic mass is 10.5. The Morgan fingerprint density at radius 2 is 1.86 bits per heavy atom. The van der Waals surface area contributed by atoms with Gasteiger partial charge in [0.15, 0.2) is 5.76 Å². The second-order valence-corrected chi connectivity index (χ2v) is 0.928. The van der Waals surface area contributed by atoms with Gasteiger partial charge in [0.25, 0.3) is 0 Å². The first-order valence-corrected chi connectivity index (χ1v) is 1.58. The standard InChI is InChI=1S/C3H6O4/c4-1-2(5)3(6)7/h1,3-7H. The van der Waals surface area contributed by atoms with E-state index in [2.05, 4.69) is 0 Å². The molecule has 0 spiro atoms. The highest BCUT2D eigenvalue weighted by Crippen LogP contribution is 1.88. The SMILES string of the molecule is OC=C(O)C(O)O. The lowest BCUT2D eigenvalue weighted by molar-refractivity contribution is -0.0396. The molecule has 0 rings (SSSR count). The van der Waals surface area contributed by atoms with Crippen LogP contribution in [0.4, 0.5) is 0 Å². The molecule has 4 heteroatoms. The summed E-state index contributed by atoms with van der Waals surface area (Å²) in [5, 5.41) is 31.6. The van der Waals surface area contributed by atoms with E-state index in [1.54, 1.807) is 0 Å². The number of aliphatic hydroxyl groups is 4. The van der Waals surface area contributed by atoms with Crippen molar-refractivity contribution in [3.05, 3.63) is 12.0 Å². The van der Waals surface area contributed by atoms with E-state index in [-0.39, 0.29) is 6.26 Å². The molecule has 0 aliphatic heterocycles. The maximum atomic E-state index is 8.05. The Hall–Kier alpha value is -0.740. The van der Waals surface area contributed by atoms with E-state index in [1.165, 1.54) is 0 Å². The third-order valence-electron chi connectivity index (χ3n) is 0.397. The van der Waals surface area contributed by atoms with Crippen LogP contribution in [-0.2, 0) is 0 Å². The summed E-state index contributed by atoms with van der Waals surface area (Å²) in [6.45, 7) is 0. The number of aliphatic hydroxyl groups excluding tert-OH is 3. The lowest BCUT2D eigenvalue weighted by Gasteiger charge is -1.96. The Balaban J connectivity index is 3.56. The average molecular weight is 106 g/mol. The molecule has 0 amide bonds. The molecule has 4 nitrogen and oxygen atoms in total. The molecule has 0 aromatic carbocycles. The van der Waals surface area contributed by atoms with Gasteiger partial charge in [0.05, 0.1) is 0 Å². The molecule has 0 unspecified atom stereocenters. The van der Waals surface area contributed by atoms with E-state index in [9.17, 15) is 0 Å². The van der Waals surface area contributed by atoms with Crippen molar-refractivity contribution < 1.29 is 20.4 Å². The van der Waals surface area contributed by atoms with Crippen molar-refractivity contribution >= 4 is 0 Å². The number of hydrogen-bond acceptors (Lipinski definition) is 4. The Morgan fingerprint density at radius 1 is 1.43 bits per heavy atom. The summed E-state index contributed by atoms with van der Waals surface area (Å²) in [6.07, 6.45) is -1.75. The van der Waals surface area contributed by atoms with E-state index in [1.807, 2.05) is 0 Å². The van der Waals surface area contributed by atoms with Crippen LogP contribution in [0.25, 0.3) is 0 Å². The van der Waals surface area contributed by atoms with Gasteiger partial charge in [0, 0.05) is 0 Å². The van der Waals surface area contributed by atoms with Crippen molar-refractivity contribution in [3.8, 4) is 0 Å². The topological polar surface area (TPSA) is 80.9 Å². The van der Waals surface area contributed by atoms with Crippen LogP contribution in [0.5, 0.6) is 0 Å². The molecule has 0 saturated carbocycles. The minimum absolute atomic E-state index is 0.213. The zero-order valence-electron chi connectivity index (χ0n) is 3.44. The van der Waals surface area contributed by atoms with E-state index in [4.69, 9.17) is 20.4 Å². The second-order valence-electron chi connectivity index (χ2n) is 0.928. The largest absolute Gasteiger partial charge is 0.512 e. The van der Waals surface area contributed by atoms with Crippen molar-refractivity contribution in [2.24, 2.45) is 0 Å². The maximum absolute atomic E-state index is 8.05. The first kappa shape index (κ1) is 6.26. The summed E-state index contributed by atoms with van der Waals surface area (Å²) in [5.74, 6) is -0.861. The molecule has 0 saturated heterocycles. The van der Waals surface area contributed by atoms with Crippen molar-refractivity contribution in [2.75, 3.05) is 0 Å². The first-order valence-electron chi connectivity index (χ1n) is 1.58. The highest BCUT2D eigenvalue weighted by molar-refractivity contribution is 4.85. The highest BCUT2D eigenvalue weighted by Gasteiger charge is 2.00. The molecule has 7 heavy (non-hydrogen) atoms.